The van der Waals surface area contributed by atoms with Crippen LogP contribution in [0.4, 0.5) is 17.1 Å². The number of nitrogen functional groups attached to an aromatic ring is 1. The third-order valence-corrected chi connectivity index (χ3v) is 3.51. The highest BCUT2D eigenvalue weighted by Crippen LogP contribution is 2.23. The summed E-state index contributed by atoms with van der Waals surface area (Å²) in [6.07, 6.45) is 0.881. The van der Waals surface area contributed by atoms with Gasteiger partial charge < -0.3 is 10.7 Å². The van der Waals surface area contributed by atoms with Gasteiger partial charge in [-0.05, 0) is 23.9 Å². The van der Waals surface area contributed by atoms with Gasteiger partial charge in [-0.25, -0.2) is 0 Å². The molecule has 19 heavy (non-hydrogen) atoms. The van der Waals surface area contributed by atoms with Crippen molar-refractivity contribution in [1.29, 1.82) is 0 Å². The Kier molecular flexibility index (Phi) is 4.32. The number of nitro benzene ring substituents is 1. The summed E-state index contributed by atoms with van der Waals surface area (Å²) in [5.74, 6) is 5.29. The highest BCUT2D eigenvalue weighted by molar-refractivity contribution is 7.09. The summed E-state index contributed by atoms with van der Waals surface area (Å²) >= 11 is 1.69. The Hall–Kier alpha value is -2.12. The first-order valence-corrected chi connectivity index (χ1v) is 6.59. The molecule has 2 rings (SSSR count). The zero-order valence-electron chi connectivity index (χ0n) is 10.1. The van der Waals surface area contributed by atoms with E-state index in [9.17, 15) is 10.1 Å². The van der Waals surface area contributed by atoms with E-state index in [-0.39, 0.29) is 5.69 Å². The number of nitrogens with one attached hydrogen (secondary N) is 2. The summed E-state index contributed by atoms with van der Waals surface area (Å²) in [5, 5.41) is 16.0. The zero-order chi connectivity index (χ0) is 13.7. The second-order valence-electron chi connectivity index (χ2n) is 3.93. The molecule has 1 aromatic carbocycles. The maximum Gasteiger partial charge on any atom is 0.273 e. The number of hydrogen-bond acceptors (Lipinski definition) is 6. The third kappa shape index (κ3) is 3.67. The number of non-ortho nitro benzene ring substituents is 1. The lowest BCUT2D eigenvalue weighted by atomic mass is 10.2. The van der Waals surface area contributed by atoms with E-state index < -0.39 is 4.92 Å². The molecule has 0 aliphatic carbocycles. The van der Waals surface area contributed by atoms with E-state index in [0.717, 1.165) is 6.42 Å². The topological polar surface area (TPSA) is 93.2 Å². The number of rotatable bonds is 6. The van der Waals surface area contributed by atoms with Gasteiger partial charge in [-0.2, -0.15) is 0 Å². The number of nitrogens with two attached hydrogens (primary N) is 1. The maximum absolute atomic E-state index is 10.8. The number of hydrogen-bond donors (Lipinski definition) is 3. The Morgan fingerprint density at radius 2 is 2.11 bits per heavy atom. The Morgan fingerprint density at radius 1 is 1.32 bits per heavy atom. The van der Waals surface area contributed by atoms with E-state index >= 15 is 0 Å². The average Bonchev–Trinajstić information content (AvgIpc) is 2.91. The molecular formula is C12H14N4O2S. The Labute approximate surface area is 114 Å². The molecule has 4 N–H and O–H groups in total. The molecule has 0 saturated heterocycles. The maximum atomic E-state index is 10.8. The van der Waals surface area contributed by atoms with Gasteiger partial charge in [-0.1, -0.05) is 6.07 Å². The molecule has 2 aromatic rings. The summed E-state index contributed by atoms with van der Waals surface area (Å²) in [7, 11) is 0. The molecule has 1 heterocycles. The van der Waals surface area contributed by atoms with Crippen LogP contribution in [0.5, 0.6) is 0 Å². The number of nitro groups is 1. The summed E-state index contributed by atoms with van der Waals surface area (Å²) in [6.45, 7) is 0.714. The molecule has 100 valence electrons. The van der Waals surface area contributed by atoms with Gasteiger partial charge in [0.15, 0.2) is 0 Å². The largest absolute Gasteiger partial charge is 0.384 e. The molecular weight excluding hydrogens is 264 g/mol. The highest BCUT2D eigenvalue weighted by atomic mass is 32.1. The summed E-state index contributed by atoms with van der Waals surface area (Å²) in [5.41, 5.74) is 3.62. The van der Waals surface area contributed by atoms with Crippen LogP contribution < -0.4 is 16.6 Å². The summed E-state index contributed by atoms with van der Waals surface area (Å²) in [4.78, 5) is 11.6. The quantitative estimate of drug-likeness (QED) is 0.429. The Balaban J connectivity index is 2.02. The van der Waals surface area contributed by atoms with Gasteiger partial charge >= 0.3 is 0 Å². The fraction of sp³-hybridized carbons (Fsp3) is 0.167. The van der Waals surface area contributed by atoms with Crippen molar-refractivity contribution in [2.75, 3.05) is 17.3 Å². The Morgan fingerprint density at radius 3 is 2.74 bits per heavy atom. The lowest BCUT2D eigenvalue weighted by molar-refractivity contribution is -0.384. The molecule has 0 bridgehead atoms. The molecule has 0 saturated carbocycles. The van der Waals surface area contributed by atoms with E-state index in [4.69, 9.17) is 5.84 Å². The van der Waals surface area contributed by atoms with Gasteiger partial charge in [-0.3, -0.25) is 16.0 Å². The fourth-order valence-corrected chi connectivity index (χ4v) is 2.40. The van der Waals surface area contributed by atoms with Crippen molar-refractivity contribution < 1.29 is 4.92 Å². The molecule has 0 radical (unpaired) electrons. The van der Waals surface area contributed by atoms with Gasteiger partial charge in [0.25, 0.3) is 5.69 Å². The van der Waals surface area contributed by atoms with Gasteiger partial charge in [0.1, 0.15) is 0 Å². The first-order chi connectivity index (χ1) is 9.19. The van der Waals surface area contributed by atoms with Crippen molar-refractivity contribution in [2.45, 2.75) is 6.42 Å². The van der Waals surface area contributed by atoms with Crippen molar-refractivity contribution in [3.63, 3.8) is 0 Å². The lowest BCUT2D eigenvalue weighted by Crippen LogP contribution is -2.09. The van der Waals surface area contributed by atoms with E-state index in [1.807, 2.05) is 11.4 Å². The van der Waals surface area contributed by atoms with Crippen molar-refractivity contribution >= 4 is 28.4 Å². The molecule has 1 aromatic heterocycles. The monoisotopic (exact) mass is 278 g/mol. The fourth-order valence-electron chi connectivity index (χ4n) is 1.69. The molecule has 0 unspecified atom stereocenters. The molecule has 0 amide bonds. The molecule has 0 aliphatic heterocycles. The molecule has 0 fully saturated rings. The number of thiophene rings is 1. The van der Waals surface area contributed by atoms with Crippen LogP contribution >= 0.6 is 11.3 Å². The molecule has 0 spiro atoms. The predicted octanol–water partition coefficient (Wildman–Crippen LogP) is 2.60. The van der Waals surface area contributed by atoms with Crippen LogP contribution in [0.1, 0.15) is 4.88 Å². The van der Waals surface area contributed by atoms with Crippen LogP contribution in [0.3, 0.4) is 0 Å². The lowest BCUT2D eigenvalue weighted by Gasteiger charge is -2.08. The van der Waals surface area contributed by atoms with Crippen LogP contribution in [0, 0.1) is 10.1 Å². The van der Waals surface area contributed by atoms with Crippen molar-refractivity contribution in [3.05, 3.63) is 50.7 Å². The minimum absolute atomic E-state index is 0.00840. The van der Waals surface area contributed by atoms with Crippen LogP contribution in [0.15, 0.2) is 35.7 Å². The average molecular weight is 278 g/mol. The molecule has 0 atom stereocenters. The minimum Gasteiger partial charge on any atom is -0.384 e. The van der Waals surface area contributed by atoms with Gasteiger partial charge in [-0.15, -0.1) is 11.3 Å². The minimum atomic E-state index is -0.439. The summed E-state index contributed by atoms with van der Waals surface area (Å²) < 4.78 is 0. The molecule has 7 heteroatoms. The standard InChI is InChI=1S/C12H14N4O2S/c13-15-10-6-9(7-11(8-10)16(17)18)14-4-3-12-2-1-5-19-12/h1-2,5-8,14-15H,3-4,13H2. The zero-order valence-corrected chi connectivity index (χ0v) is 10.9. The molecule has 0 aliphatic rings. The normalized spacial score (nSPS) is 10.2. The predicted molar refractivity (Wildman–Crippen MR) is 77.4 cm³/mol. The van der Waals surface area contributed by atoms with E-state index in [1.165, 1.54) is 17.0 Å². The van der Waals surface area contributed by atoms with E-state index in [1.54, 1.807) is 17.4 Å². The van der Waals surface area contributed by atoms with Crippen LogP contribution in [-0.2, 0) is 6.42 Å². The van der Waals surface area contributed by atoms with Gasteiger partial charge in [0, 0.05) is 29.2 Å². The molecule has 6 nitrogen and oxygen atoms in total. The smallest absolute Gasteiger partial charge is 0.273 e. The van der Waals surface area contributed by atoms with Crippen LogP contribution in [0.25, 0.3) is 0 Å². The number of nitrogens with zero attached hydrogens (tertiary/aromatic N) is 1. The number of anilines is 2. The van der Waals surface area contributed by atoms with E-state index in [2.05, 4.69) is 16.8 Å². The summed E-state index contributed by atoms with van der Waals surface area (Å²) in [6, 6.07) is 8.69. The second kappa shape index (κ2) is 6.17. The second-order valence-corrected chi connectivity index (χ2v) is 4.96. The van der Waals surface area contributed by atoms with Gasteiger partial charge in [0.2, 0.25) is 0 Å². The van der Waals surface area contributed by atoms with Crippen LogP contribution in [0.2, 0.25) is 0 Å². The Bertz CT molecular complexity index is 557. The van der Waals surface area contributed by atoms with Crippen molar-refractivity contribution in [1.82, 2.24) is 0 Å². The third-order valence-electron chi connectivity index (χ3n) is 2.58. The van der Waals surface area contributed by atoms with Gasteiger partial charge in [0.05, 0.1) is 10.6 Å². The highest BCUT2D eigenvalue weighted by Gasteiger charge is 2.09. The van der Waals surface area contributed by atoms with E-state index in [0.29, 0.717) is 17.9 Å². The number of hydrazine groups is 1. The SMILES string of the molecule is NNc1cc(NCCc2cccs2)cc([N+](=O)[O-])c1. The first kappa shape index (κ1) is 13.3. The van der Waals surface area contributed by atoms with Crippen LogP contribution in [-0.4, -0.2) is 11.5 Å². The first-order valence-electron chi connectivity index (χ1n) is 5.71. The van der Waals surface area contributed by atoms with Crippen molar-refractivity contribution in [3.8, 4) is 0 Å². The number of benzene rings is 1. The van der Waals surface area contributed by atoms with Crippen molar-refractivity contribution in [2.24, 2.45) is 5.84 Å².